The third-order valence-corrected chi connectivity index (χ3v) is 25.0. The number of carbonyl (C=O) groups excluding carboxylic acids is 2. The molecule has 1 saturated heterocycles. The van der Waals surface area contributed by atoms with Gasteiger partial charge >= 0.3 is 185 Å². The van der Waals surface area contributed by atoms with Crippen LogP contribution in [0.3, 0.4) is 0 Å². The summed E-state index contributed by atoms with van der Waals surface area (Å²) in [6, 6.07) is 16.2. The molecule has 2 aromatic rings. The molecule has 0 saturated carbocycles. The molecular weight excluding hydrogens is 571 g/mol. The van der Waals surface area contributed by atoms with Gasteiger partial charge in [-0.2, -0.15) is 0 Å². The Morgan fingerprint density at radius 2 is 1.73 bits per heavy atom. The fourth-order valence-corrected chi connectivity index (χ4v) is 23.6. The van der Waals surface area contributed by atoms with Crippen LogP contribution in [0.15, 0.2) is 48.5 Å². The van der Waals surface area contributed by atoms with Gasteiger partial charge in [-0.1, -0.05) is 0 Å². The number of nitrogens with one attached hydrogen (secondary N) is 1. The third kappa shape index (κ3) is 5.12. The molecule has 0 radical (unpaired) electrons. The van der Waals surface area contributed by atoms with Crippen LogP contribution in [0.25, 0.3) is 0 Å². The molecule has 162 valence electrons. The van der Waals surface area contributed by atoms with Crippen molar-refractivity contribution in [1.82, 2.24) is 0 Å². The second-order valence-electron chi connectivity index (χ2n) is 8.09. The minimum atomic E-state index is -2.78. The predicted molar refractivity (Wildman–Crippen MR) is 125 cm³/mol. The predicted octanol–water partition coefficient (Wildman–Crippen LogP) is 5.91. The quantitative estimate of drug-likeness (QED) is 0.400. The number of amides is 1. The van der Waals surface area contributed by atoms with Crippen LogP contribution in [-0.2, 0) is 13.6 Å². The van der Waals surface area contributed by atoms with E-state index >= 15 is 0 Å². The number of hydrogen-bond acceptors (Lipinski definition) is 3. The van der Waals surface area contributed by atoms with Gasteiger partial charge in [0.1, 0.15) is 0 Å². The summed E-state index contributed by atoms with van der Waals surface area (Å²) >= 11 is -2.78. The summed E-state index contributed by atoms with van der Waals surface area (Å²) in [7, 11) is 1.37. The number of aryl methyl sites for hydroxylation is 1. The van der Waals surface area contributed by atoms with Crippen molar-refractivity contribution in [2.24, 2.45) is 0 Å². The van der Waals surface area contributed by atoms with Crippen LogP contribution in [-0.4, -0.2) is 39.6 Å². The van der Waals surface area contributed by atoms with E-state index in [4.69, 9.17) is 4.74 Å². The first kappa shape index (κ1) is 23.0. The first-order valence-electron chi connectivity index (χ1n) is 10.8. The number of methoxy groups -OCH3 is 1. The maximum atomic E-state index is 13.6. The average molecular weight is 605 g/mol. The Labute approximate surface area is 184 Å². The number of carbonyl (C=O) groups is 2. The molecule has 30 heavy (non-hydrogen) atoms. The molecule has 1 aliphatic rings. The summed E-state index contributed by atoms with van der Waals surface area (Å²) in [5.41, 5.74) is 3.30. The number of esters is 1. The topological polar surface area (TPSA) is 55.4 Å². The molecule has 1 heterocycles. The van der Waals surface area contributed by atoms with Crippen molar-refractivity contribution in [3.05, 3.63) is 65.2 Å². The van der Waals surface area contributed by atoms with Gasteiger partial charge in [0, 0.05) is 0 Å². The van der Waals surface area contributed by atoms with Crippen molar-refractivity contribution in [1.29, 1.82) is 0 Å². The van der Waals surface area contributed by atoms with Crippen molar-refractivity contribution in [2.45, 2.75) is 55.3 Å². The molecule has 0 aromatic heterocycles. The van der Waals surface area contributed by atoms with E-state index in [1.54, 1.807) is 6.07 Å². The van der Waals surface area contributed by atoms with E-state index in [-0.39, 0.29) is 9.48 Å². The van der Waals surface area contributed by atoms with Crippen LogP contribution in [0.1, 0.15) is 54.1 Å². The van der Waals surface area contributed by atoms with Crippen LogP contribution in [0.5, 0.6) is 0 Å². The standard InChI is InChI=1S/C13H16NO3.C7H7.C5H10.Po/c1-4-6-11(15)14-12-9(2)7-5-8-10(12)13(16)17-3;1-7-5-3-2-4-6-7;1-3-5-4-2;/h5-8H,4H2,1-3H3,(H,14,15);2-6H,1H2;1-5H2;. The van der Waals surface area contributed by atoms with Gasteiger partial charge in [-0.25, -0.2) is 0 Å². The van der Waals surface area contributed by atoms with E-state index in [1.165, 1.54) is 40.1 Å². The summed E-state index contributed by atoms with van der Waals surface area (Å²) in [4.78, 5) is 25.9. The summed E-state index contributed by atoms with van der Waals surface area (Å²) in [6.45, 7) is 4.08. The summed E-state index contributed by atoms with van der Waals surface area (Å²) in [5.74, 6) is -0.313. The molecule has 1 atom stereocenters. The van der Waals surface area contributed by atoms with Crippen molar-refractivity contribution in [3.63, 3.8) is 0 Å². The zero-order valence-corrected chi connectivity index (χ0v) is 21.5. The van der Waals surface area contributed by atoms with Gasteiger partial charge in [0.2, 0.25) is 0 Å². The van der Waals surface area contributed by atoms with Gasteiger partial charge in [-0.3, -0.25) is 0 Å². The average Bonchev–Trinajstić information content (AvgIpc) is 2.76. The maximum absolute atomic E-state index is 13.6. The molecule has 4 nitrogen and oxygen atoms in total. The molecule has 0 aliphatic carbocycles. The fraction of sp³-hybridized carbons (Fsp3) is 0.440. The molecule has 1 amide bonds. The molecular formula is C25H33NO3Po. The Balaban J connectivity index is 1.91. The molecule has 3 rings (SSSR count). The third-order valence-electron chi connectivity index (χ3n) is 6.09. The summed E-state index contributed by atoms with van der Waals surface area (Å²) < 4.78 is 8.70. The Morgan fingerprint density at radius 3 is 2.37 bits per heavy atom. The molecule has 1 unspecified atom stereocenters. The number of ether oxygens (including phenoxy) is 1. The number of rotatable bonds is 7. The van der Waals surface area contributed by atoms with Crippen LogP contribution < -0.4 is 5.32 Å². The Hall–Kier alpha value is -1.72. The van der Waals surface area contributed by atoms with E-state index in [1.807, 2.05) is 19.1 Å². The van der Waals surface area contributed by atoms with Gasteiger partial charge in [-0.05, 0) is 0 Å². The Bertz CT molecular complexity index is 875. The fourth-order valence-electron chi connectivity index (χ4n) is 4.58. The number of hydrogen-bond donors (Lipinski definition) is 1. The first-order chi connectivity index (χ1) is 14.5. The number of benzene rings is 2. The van der Waals surface area contributed by atoms with Crippen LogP contribution in [0.4, 0.5) is 5.69 Å². The van der Waals surface area contributed by atoms with E-state index < -0.39 is 26.5 Å². The molecule has 0 spiro atoms. The number of para-hydroxylation sites is 1. The number of anilines is 1. The van der Waals surface area contributed by atoms with E-state index in [0.717, 1.165) is 16.1 Å². The van der Waals surface area contributed by atoms with Gasteiger partial charge in [0.05, 0.1) is 0 Å². The normalized spacial score (nSPS) is 17.6. The SMILES string of the molecule is CC[CH](C(=O)Nc1c(C)cccc1C(=O)OC)[Po]1([CH2]c2ccccc2)[CH2]CCC[CH2]1. The van der Waals surface area contributed by atoms with Gasteiger partial charge in [0.15, 0.2) is 0 Å². The van der Waals surface area contributed by atoms with Crippen LogP contribution >= 0.6 is 0 Å². The Morgan fingerprint density at radius 1 is 1.03 bits per heavy atom. The molecule has 1 fully saturated rings. The molecule has 1 N–H and O–H groups in total. The van der Waals surface area contributed by atoms with Crippen molar-refractivity contribution in [2.75, 3.05) is 12.4 Å². The minimum absolute atomic E-state index is 0.100. The zero-order valence-electron chi connectivity index (χ0n) is 18.3. The van der Waals surface area contributed by atoms with E-state index in [0.29, 0.717) is 11.3 Å². The summed E-state index contributed by atoms with van der Waals surface area (Å²) in [5, 5.41) is 3.17. The second kappa shape index (κ2) is 10.5. The van der Waals surface area contributed by atoms with E-state index in [9.17, 15) is 9.59 Å². The van der Waals surface area contributed by atoms with Crippen molar-refractivity contribution >= 4 is 38.1 Å². The monoisotopic (exact) mass is 604 g/mol. The van der Waals surface area contributed by atoms with Crippen molar-refractivity contribution < 1.29 is 14.3 Å². The molecule has 1 aliphatic heterocycles. The van der Waals surface area contributed by atoms with Gasteiger partial charge in [0.25, 0.3) is 0 Å². The van der Waals surface area contributed by atoms with E-state index in [2.05, 4.69) is 42.6 Å². The van der Waals surface area contributed by atoms with Crippen LogP contribution in [0, 0.1) is 6.92 Å². The van der Waals surface area contributed by atoms with Gasteiger partial charge < -0.3 is 0 Å². The molecule has 0 bridgehead atoms. The Kier molecular flexibility index (Phi) is 8.06. The van der Waals surface area contributed by atoms with Crippen LogP contribution in [0.2, 0.25) is 11.7 Å². The first-order valence-corrected chi connectivity index (χ1v) is 19.4. The summed E-state index contributed by atoms with van der Waals surface area (Å²) in [6.07, 6.45) is 4.66. The molecule has 2 aromatic carbocycles. The molecule has 5 heteroatoms. The van der Waals surface area contributed by atoms with Gasteiger partial charge in [-0.15, -0.1) is 0 Å². The second-order valence-corrected chi connectivity index (χ2v) is 23.2. The van der Waals surface area contributed by atoms with Crippen molar-refractivity contribution in [3.8, 4) is 0 Å². The zero-order chi connectivity index (χ0) is 21.6.